The standard InChI is InChI=1S/C15H18F2N4O/c1-3-14(12-8-10(16)4-5-13(12)17)20-15(22)18-9-11-6-7-19-21(11)2/h4-8,14H,3,9H2,1-2H3,(H2,18,20,22)/t14-/m1/s1. The molecule has 0 radical (unpaired) electrons. The number of nitrogens with zero attached hydrogens (tertiary/aromatic N) is 2. The molecule has 2 aromatic rings. The smallest absolute Gasteiger partial charge is 0.315 e. The van der Waals surface area contributed by atoms with Crippen LogP contribution in [0.3, 0.4) is 0 Å². The highest BCUT2D eigenvalue weighted by molar-refractivity contribution is 5.74. The maximum absolute atomic E-state index is 13.8. The number of hydrogen-bond donors (Lipinski definition) is 2. The van der Waals surface area contributed by atoms with E-state index in [9.17, 15) is 13.6 Å². The van der Waals surface area contributed by atoms with Crippen molar-refractivity contribution in [2.75, 3.05) is 0 Å². The van der Waals surface area contributed by atoms with Gasteiger partial charge in [0, 0.05) is 18.8 Å². The molecule has 0 fully saturated rings. The Morgan fingerprint density at radius 1 is 1.36 bits per heavy atom. The largest absolute Gasteiger partial charge is 0.333 e. The number of aromatic nitrogens is 2. The van der Waals surface area contributed by atoms with Crippen molar-refractivity contribution in [3.63, 3.8) is 0 Å². The number of nitrogens with one attached hydrogen (secondary N) is 2. The number of benzene rings is 1. The quantitative estimate of drug-likeness (QED) is 0.892. The number of urea groups is 1. The van der Waals surface area contributed by atoms with Crippen LogP contribution in [-0.4, -0.2) is 15.8 Å². The van der Waals surface area contributed by atoms with Gasteiger partial charge in [-0.15, -0.1) is 0 Å². The number of hydrogen-bond acceptors (Lipinski definition) is 2. The number of amides is 2. The third-order valence-corrected chi connectivity index (χ3v) is 3.40. The molecule has 118 valence electrons. The van der Waals surface area contributed by atoms with Crippen LogP contribution in [0.1, 0.15) is 30.6 Å². The lowest BCUT2D eigenvalue weighted by Gasteiger charge is -2.18. The van der Waals surface area contributed by atoms with Crippen molar-refractivity contribution in [2.24, 2.45) is 7.05 Å². The van der Waals surface area contributed by atoms with E-state index in [1.165, 1.54) is 0 Å². The van der Waals surface area contributed by atoms with E-state index in [1.54, 1.807) is 30.9 Å². The fraction of sp³-hybridized carbons (Fsp3) is 0.333. The van der Waals surface area contributed by atoms with E-state index >= 15 is 0 Å². The molecular weight excluding hydrogens is 290 g/mol. The monoisotopic (exact) mass is 308 g/mol. The molecule has 5 nitrogen and oxygen atoms in total. The highest BCUT2D eigenvalue weighted by atomic mass is 19.1. The Morgan fingerprint density at radius 2 is 2.14 bits per heavy atom. The van der Waals surface area contributed by atoms with Crippen molar-refractivity contribution in [3.05, 3.63) is 53.4 Å². The van der Waals surface area contributed by atoms with E-state index in [-0.39, 0.29) is 5.56 Å². The minimum Gasteiger partial charge on any atom is -0.333 e. The van der Waals surface area contributed by atoms with Crippen molar-refractivity contribution >= 4 is 6.03 Å². The van der Waals surface area contributed by atoms with Gasteiger partial charge in [-0.1, -0.05) is 6.92 Å². The third-order valence-electron chi connectivity index (χ3n) is 3.40. The number of carbonyl (C=O) groups excluding carboxylic acids is 1. The summed E-state index contributed by atoms with van der Waals surface area (Å²) in [5.74, 6) is -1.08. The molecule has 0 aliphatic rings. The molecule has 2 amide bonds. The molecule has 2 N–H and O–H groups in total. The number of halogens is 2. The Hall–Kier alpha value is -2.44. The molecule has 1 aromatic heterocycles. The SMILES string of the molecule is CC[C@@H](NC(=O)NCc1ccnn1C)c1cc(F)ccc1F. The van der Waals surface area contributed by atoms with Crippen LogP contribution in [0, 0.1) is 11.6 Å². The van der Waals surface area contributed by atoms with E-state index in [1.807, 2.05) is 0 Å². The lowest BCUT2D eigenvalue weighted by molar-refractivity contribution is 0.235. The fourth-order valence-electron chi connectivity index (χ4n) is 2.14. The summed E-state index contributed by atoms with van der Waals surface area (Å²) in [5.41, 5.74) is 0.971. The molecule has 0 saturated carbocycles. The Bertz CT molecular complexity index is 657. The molecule has 0 aliphatic carbocycles. The molecular formula is C15H18F2N4O. The normalized spacial score (nSPS) is 12.0. The molecule has 0 saturated heterocycles. The van der Waals surface area contributed by atoms with Crippen molar-refractivity contribution in [3.8, 4) is 0 Å². The zero-order chi connectivity index (χ0) is 16.1. The molecule has 1 atom stereocenters. The van der Waals surface area contributed by atoms with Crippen LogP contribution in [0.25, 0.3) is 0 Å². The summed E-state index contributed by atoms with van der Waals surface area (Å²) in [7, 11) is 1.77. The van der Waals surface area contributed by atoms with Gasteiger partial charge in [-0.05, 0) is 30.7 Å². The van der Waals surface area contributed by atoms with Gasteiger partial charge in [0.1, 0.15) is 11.6 Å². The molecule has 2 rings (SSSR count). The first-order chi connectivity index (χ1) is 10.5. The van der Waals surface area contributed by atoms with Gasteiger partial charge in [0.25, 0.3) is 0 Å². The van der Waals surface area contributed by atoms with Gasteiger partial charge in [-0.2, -0.15) is 5.10 Å². The van der Waals surface area contributed by atoms with Crippen molar-refractivity contribution < 1.29 is 13.6 Å². The van der Waals surface area contributed by atoms with Gasteiger partial charge in [0.15, 0.2) is 0 Å². The average molecular weight is 308 g/mol. The zero-order valence-electron chi connectivity index (χ0n) is 12.4. The number of rotatable bonds is 5. The Balaban J connectivity index is 1.99. The summed E-state index contributed by atoms with van der Waals surface area (Å²) >= 11 is 0. The molecule has 0 unspecified atom stereocenters. The zero-order valence-corrected chi connectivity index (χ0v) is 12.4. The Morgan fingerprint density at radius 3 is 2.77 bits per heavy atom. The minimum absolute atomic E-state index is 0.137. The van der Waals surface area contributed by atoms with E-state index in [0.29, 0.717) is 13.0 Å². The summed E-state index contributed by atoms with van der Waals surface area (Å²) in [5, 5.41) is 9.31. The predicted molar refractivity (Wildman–Crippen MR) is 78.0 cm³/mol. The first-order valence-electron chi connectivity index (χ1n) is 6.97. The van der Waals surface area contributed by atoms with Gasteiger partial charge in [0.2, 0.25) is 0 Å². The second-order valence-electron chi connectivity index (χ2n) is 4.90. The van der Waals surface area contributed by atoms with Crippen LogP contribution in [0.15, 0.2) is 30.5 Å². The molecule has 0 aliphatic heterocycles. The number of carbonyl (C=O) groups is 1. The second-order valence-corrected chi connectivity index (χ2v) is 4.90. The van der Waals surface area contributed by atoms with Crippen LogP contribution < -0.4 is 10.6 Å². The maximum atomic E-state index is 13.8. The lowest BCUT2D eigenvalue weighted by Crippen LogP contribution is -2.38. The predicted octanol–water partition coefficient (Wildman–Crippen LogP) is 2.65. The lowest BCUT2D eigenvalue weighted by atomic mass is 10.0. The van der Waals surface area contributed by atoms with E-state index in [2.05, 4.69) is 15.7 Å². The molecule has 1 aromatic carbocycles. The van der Waals surface area contributed by atoms with Gasteiger partial charge >= 0.3 is 6.03 Å². The highest BCUT2D eigenvalue weighted by Gasteiger charge is 2.17. The summed E-state index contributed by atoms with van der Waals surface area (Å²) in [4.78, 5) is 11.9. The van der Waals surface area contributed by atoms with Crippen LogP contribution in [0.5, 0.6) is 0 Å². The molecule has 22 heavy (non-hydrogen) atoms. The molecule has 0 bridgehead atoms. The number of aryl methyl sites for hydroxylation is 1. The third kappa shape index (κ3) is 3.81. The Kier molecular flexibility index (Phi) is 5.08. The summed E-state index contributed by atoms with van der Waals surface area (Å²) in [6, 6.07) is 3.95. The Labute approximate surface area is 127 Å². The van der Waals surface area contributed by atoms with E-state index in [4.69, 9.17) is 0 Å². The molecule has 7 heteroatoms. The topological polar surface area (TPSA) is 59.0 Å². The first kappa shape index (κ1) is 15.9. The van der Waals surface area contributed by atoms with Crippen molar-refractivity contribution in [1.82, 2.24) is 20.4 Å². The maximum Gasteiger partial charge on any atom is 0.315 e. The van der Waals surface area contributed by atoms with Gasteiger partial charge in [0.05, 0.1) is 18.3 Å². The molecule has 1 heterocycles. The second kappa shape index (κ2) is 7.02. The molecule has 0 spiro atoms. The van der Waals surface area contributed by atoms with E-state index < -0.39 is 23.7 Å². The van der Waals surface area contributed by atoms with E-state index in [0.717, 1.165) is 23.9 Å². The van der Waals surface area contributed by atoms with Crippen LogP contribution >= 0.6 is 0 Å². The fourth-order valence-corrected chi connectivity index (χ4v) is 2.14. The van der Waals surface area contributed by atoms with Crippen molar-refractivity contribution in [2.45, 2.75) is 25.9 Å². The minimum atomic E-state index is -0.595. The highest BCUT2D eigenvalue weighted by Crippen LogP contribution is 2.21. The van der Waals surface area contributed by atoms with Crippen LogP contribution in [-0.2, 0) is 13.6 Å². The van der Waals surface area contributed by atoms with Gasteiger partial charge in [-0.25, -0.2) is 13.6 Å². The van der Waals surface area contributed by atoms with Gasteiger partial charge < -0.3 is 10.6 Å². The average Bonchev–Trinajstić information content (AvgIpc) is 2.90. The van der Waals surface area contributed by atoms with Crippen molar-refractivity contribution in [1.29, 1.82) is 0 Å². The van der Waals surface area contributed by atoms with Crippen LogP contribution in [0.2, 0.25) is 0 Å². The van der Waals surface area contributed by atoms with Crippen LogP contribution in [0.4, 0.5) is 13.6 Å². The first-order valence-corrected chi connectivity index (χ1v) is 6.97. The summed E-state index contributed by atoms with van der Waals surface area (Å²) in [6.07, 6.45) is 2.07. The summed E-state index contributed by atoms with van der Waals surface area (Å²) in [6.45, 7) is 2.08. The summed E-state index contributed by atoms with van der Waals surface area (Å²) < 4.78 is 28.7. The van der Waals surface area contributed by atoms with Gasteiger partial charge in [-0.3, -0.25) is 4.68 Å².